The van der Waals surface area contributed by atoms with Gasteiger partial charge in [-0.2, -0.15) is 0 Å². The summed E-state index contributed by atoms with van der Waals surface area (Å²) in [7, 11) is 4.02. The van der Waals surface area contributed by atoms with Gasteiger partial charge in [-0.3, -0.25) is 0 Å². The third-order valence-electron chi connectivity index (χ3n) is 21.7. The molecule has 8 aromatic carbocycles. The number of carbonyl (C=O) groups is 5. The van der Waals surface area contributed by atoms with E-state index in [2.05, 4.69) is 156 Å². The molecule has 0 aliphatic carbocycles. The first-order valence-electron chi connectivity index (χ1n) is 38.7. The molecular weight excluding hydrogens is 1490 g/mol. The van der Waals surface area contributed by atoms with E-state index >= 15 is 0 Å². The Morgan fingerprint density at radius 1 is 0.218 bits per heavy atom. The molecule has 0 spiro atoms. The van der Waals surface area contributed by atoms with Crippen molar-refractivity contribution in [3.8, 4) is 89.0 Å². The number of hydrogen-bond donors (Lipinski definition) is 4. The molecule has 6 aromatic heterocycles. The summed E-state index contributed by atoms with van der Waals surface area (Å²) in [5.41, 5.74) is 29.9. The van der Waals surface area contributed by atoms with Gasteiger partial charge in [0.05, 0.1) is 94.7 Å². The molecule has 578 valence electrons. The largest absolute Gasteiger partial charge is 0.465 e. The molecule has 4 aliphatic rings. The summed E-state index contributed by atoms with van der Waals surface area (Å²) in [4.78, 5) is 103. The Morgan fingerprint density at radius 3 is 0.529 bits per heavy atom. The summed E-state index contributed by atoms with van der Waals surface area (Å²) in [5.74, 6) is -2.68. The van der Waals surface area contributed by atoms with Gasteiger partial charge in [0.1, 0.15) is 13.2 Å². The molecule has 16 bridgehead atoms. The Morgan fingerprint density at radius 2 is 0.370 bits per heavy atom. The van der Waals surface area contributed by atoms with Crippen LogP contribution >= 0.6 is 0 Å². The number of hydrogen-bond acceptors (Lipinski definition) is 14. The monoisotopic (exact) mass is 1560 g/mol. The summed E-state index contributed by atoms with van der Waals surface area (Å²) in [6.45, 7) is 5.79. The highest BCUT2D eigenvalue weighted by molar-refractivity contribution is 6.05. The minimum absolute atomic E-state index is 0.224. The van der Waals surface area contributed by atoms with E-state index in [0.29, 0.717) is 95.0 Å². The number of methoxy groups -OCH3 is 3. The number of nitrogens with zero attached hydrogens (tertiary/aromatic N) is 4. The Hall–Kier alpha value is -15.7. The lowest BCUT2D eigenvalue weighted by atomic mass is 10.0. The highest BCUT2D eigenvalue weighted by atomic mass is 16.6. The van der Waals surface area contributed by atoms with Gasteiger partial charge >= 0.3 is 29.8 Å². The number of aromatic amines is 4. The van der Waals surface area contributed by atoms with E-state index in [0.717, 1.165) is 123 Å². The number of aryl methyl sites for hydroxylation is 3. The first-order valence-corrected chi connectivity index (χ1v) is 38.7. The molecule has 0 atom stereocenters. The lowest BCUT2D eigenvalue weighted by Crippen LogP contribution is -2.14. The standard InChI is InChI=1S/C101H74N8O10/c1-57-7-13-60(14-8-57)89-73-39-41-75(102-73)90(61-15-9-58(2)10-16-61)77-43-45-85(104-77)95(86-46-44-78(105-86)91(76-42-40-74(89)103-76)62-17-11-59(3)12-18-62)66-25-35-71(36-26-66)100(113)118-55-56-119-101(114)72-37-27-67(28-38-72)96-87-53-51-83(108-87)93(64-21-31-69(32-22-64)98(111)116-5)81-49-47-79(106-81)92(63-19-29-68(30-20-63)97(110)115-4)80-48-50-82(107-80)94(84-52-54-88(96)109-84)65-23-33-70(34-24-65)99(112)117-6/h7-54,102,105-106,109H,55-56H2,1-6H3. The number of benzene rings is 8. The van der Waals surface area contributed by atoms with E-state index in [1.807, 2.05) is 115 Å². The molecule has 18 nitrogen and oxygen atoms in total. The number of esters is 5. The van der Waals surface area contributed by atoms with E-state index in [1.54, 1.807) is 60.7 Å². The fourth-order valence-corrected chi connectivity index (χ4v) is 15.7. The van der Waals surface area contributed by atoms with Crippen molar-refractivity contribution in [2.24, 2.45) is 0 Å². The maximum Gasteiger partial charge on any atom is 0.338 e. The number of rotatable bonds is 16. The molecule has 0 unspecified atom stereocenters. The van der Waals surface area contributed by atoms with Crippen molar-refractivity contribution < 1.29 is 47.7 Å². The van der Waals surface area contributed by atoms with Crippen LogP contribution in [0, 0.1) is 20.8 Å². The molecule has 0 saturated carbocycles. The van der Waals surface area contributed by atoms with Crippen molar-refractivity contribution in [2.45, 2.75) is 20.8 Å². The van der Waals surface area contributed by atoms with E-state index in [1.165, 1.54) is 21.3 Å². The van der Waals surface area contributed by atoms with Gasteiger partial charge in [-0.1, -0.05) is 150 Å². The number of carbonyl (C=O) groups excluding carboxylic acids is 5. The summed E-state index contributed by atoms with van der Waals surface area (Å²) < 4.78 is 26.8. The topological polar surface area (TPSA) is 246 Å². The number of H-pyrrole nitrogens is 4. The van der Waals surface area contributed by atoms with Crippen molar-refractivity contribution in [3.63, 3.8) is 0 Å². The molecule has 0 fully saturated rings. The predicted molar refractivity (Wildman–Crippen MR) is 470 cm³/mol. The van der Waals surface area contributed by atoms with Crippen LogP contribution in [-0.4, -0.2) is 104 Å². The van der Waals surface area contributed by atoms with E-state index < -0.39 is 29.8 Å². The van der Waals surface area contributed by atoms with Gasteiger partial charge < -0.3 is 43.6 Å². The molecule has 10 heterocycles. The van der Waals surface area contributed by atoms with Gasteiger partial charge in [0, 0.05) is 88.6 Å². The first-order chi connectivity index (χ1) is 58.1. The Bertz CT molecular complexity index is 6890. The van der Waals surface area contributed by atoms with Crippen molar-refractivity contribution >= 4 is 123 Å². The quantitative estimate of drug-likeness (QED) is 0.0399. The predicted octanol–water partition coefficient (Wildman–Crippen LogP) is 22.3. The number of fused-ring (bicyclic) bond motifs is 16. The second-order valence-corrected chi connectivity index (χ2v) is 29.2. The lowest BCUT2D eigenvalue weighted by Gasteiger charge is -2.09. The SMILES string of the molecule is COC(=O)c1ccc(-c2c3nc(c(-c4ccc(C(=O)OC)cc4)c4ccc([nH]4)c(-c4ccc(C(=O)OCCOC(=O)c5ccc(-c6c7nc(c(-c8ccc(C)cc8)c8ccc([nH]8)c(-c8ccc(C)cc8)c8nc(c(-c9ccc(C)cc9)c9ccc6[nH]9)C=C8)C=C7)cc5)cc4)c4nc(c(-c5ccc(C(=O)OC)cc5)c5ccc2[nH]5)C=C4)C=C3)cc1. The summed E-state index contributed by atoms with van der Waals surface area (Å²) in [5, 5.41) is 0. The molecule has 18 rings (SSSR count). The zero-order chi connectivity index (χ0) is 81.5. The maximum atomic E-state index is 14.1. The minimum atomic E-state index is -0.634. The average molecular weight is 1560 g/mol. The smallest absolute Gasteiger partial charge is 0.338 e. The maximum absolute atomic E-state index is 14.1. The Balaban J connectivity index is 0.667. The van der Waals surface area contributed by atoms with Gasteiger partial charge in [0.15, 0.2) is 0 Å². The second-order valence-electron chi connectivity index (χ2n) is 29.2. The molecule has 4 aliphatic heterocycles. The van der Waals surface area contributed by atoms with Gasteiger partial charge in [0.2, 0.25) is 0 Å². The third kappa shape index (κ3) is 14.6. The average Bonchev–Trinajstić information content (AvgIpc) is 1.62. The molecule has 4 N–H and O–H groups in total. The summed E-state index contributed by atoms with van der Waals surface area (Å²) in [6.07, 6.45) is 16.0. The number of aromatic nitrogens is 8. The van der Waals surface area contributed by atoms with Crippen LogP contribution < -0.4 is 0 Å². The summed E-state index contributed by atoms with van der Waals surface area (Å²) in [6, 6.07) is 77.4. The fourth-order valence-electron chi connectivity index (χ4n) is 15.7. The summed E-state index contributed by atoms with van der Waals surface area (Å²) >= 11 is 0. The third-order valence-corrected chi connectivity index (χ3v) is 21.7. The molecule has 0 radical (unpaired) electrons. The van der Waals surface area contributed by atoms with Crippen molar-refractivity contribution in [1.29, 1.82) is 0 Å². The van der Waals surface area contributed by atoms with E-state index in [-0.39, 0.29) is 18.8 Å². The molecule has 14 aromatic rings. The van der Waals surface area contributed by atoms with Crippen LogP contribution in [-0.2, 0) is 23.7 Å². The number of ether oxygens (including phenoxy) is 5. The van der Waals surface area contributed by atoms with Crippen LogP contribution in [0.5, 0.6) is 0 Å². The normalized spacial score (nSPS) is 11.9. The van der Waals surface area contributed by atoms with Crippen LogP contribution in [0.3, 0.4) is 0 Å². The molecule has 119 heavy (non-hydrogen) atoms. The van der Waals surface area contributed by atoms with Gasteiger partial charge in [-0.05, 0) is 223 Å². The van der Waals surface area contributed by atoms with Crippen molar-refractivity contribution in [3.05, 3.63) is 333 Å². The van der Waals surface area contributed by atoms with Crippen LogP contribution in [0.1, 0.15) is 114 Å². The minimum Gasteiger partial charge on any atom is -0.465 e. The second kappa shape index (κ2) is 31.6. The van der Waals surface area contributed by atoms with E-state index in [9.17, 15) is 24.0 Å². The molecule has 18 heteroatoms. The molecule has 0 amide bonds. The van der Waals surface area contributed by atoms with Gasteiger partial charge in [-0.15, -0.1) is 0 Å². The van der Waals surface area contributed by atoms with Crippen LogP contribution in [0.25, 0.3) is 182 Å². The zero-order valence-electron chi connectivity index (χ0n) is 65.5. The fraction of sp³-hybridized carbons (Fsp3) is 0.0792. The zero-order valence-corrected chi connectivity index (χ0v) is 65.5. The highest BCUT2D eigenvalue weighted by Crippen LogP contribution is 2.43. The van der Waals surface area contributed by atoms with Crippen molar-refractivity contribution in [1.82, 2.24) is 39.9 Å². The van der Waals surface area contributed by atoms with Crippen molar-refractivity contribution in [2.75, 3.05) is 34.5 Å². The van der Waals surface area contributed by atoms with E-state index in [4.69, 9.17) is 43.6 Å². The first kappa shape index (κ1) is 74.7. The Labute approximate surface area is 683 Å². The Kier molecular flexibility index (Phi) is 19.8. The number of nitrogens with one attached hydrogen (secondary N) is 4. The van der Waals surface area contributed by atoms with Gasteiger partial charge in [-0.25, -0.2) is 43.9 Å². The molecular formula is C101H74N8O10. The van der Waals surface area contributed by atoms with Gasteiger partial charge in [0.25, 0.3) is 0 Å². The van der Waals surface area contributed by atoms with Crippen LogP contribution in [0.2, 0.25) is 0 Å². The van der Waals surface area contributed by atoms with Crippen LogP contribution in [0.15, 0.2) is 243 Å². The highest BCUT2D eigenvalue weighted by Gasteiger charge is 2.25. The van der Waals surface area contributed by atoms with Crippen LogP contribution in [0.4, 0.5) is 0 Å². The lowest BCUT2D eigenvalue weighted by molar-refractivity contribution is 0.0265. The molecule has 0 saturated heterocycles.